The number of nitrogens with zero attached hydrogens (tertiary/aromatic N) is 1. The van der Waals surface area contributed by atoms with E-state index in [1.807, 2.05) is 11.3 Å². The molecule has 1 aliphatic rings. The van der Waals surface area contributed by atoms with Gasteiger partial charge < -0.3 is 4.90 Å². The maximum absolute atomic E-state index is 2.50. The molecule has 0 spiro atoms. The zero-order valence-corrected chi connectivity index (χ0v) is 33.7. The van der Waals surface area contributed by atoms with Crippen LogP contribution in [0.3, 0.4) is 0 Å². The van der Waals surface area contributed by atoms with Crippen LogP contribution in [0.1, 0.15) is 25.0 Å². The smallest absolute Gasteiger partial charge is 0.0465 e. The summed E-state index contributed by atoms with van der Waals surface area (Å²) in [6.45, 7) is 4.80. The van der Waals surface area contributed by atoms with E-state index in [0.717, 1.165) is 17.1 Å². The van der Waals surface area contributed by atoms with E-state index >= 15 is 0 Å². The fourth-order valence-electron chi connectivity index (χ4n) is 10.0. The predicted octanol–water partition coefficient (Wildman–Crippen LogP) is 16.6. The molecule has 10 aromatic carbocycles. The average molecular weight is 770 g/mol. The third-order valence-electron chi connectivity index (χ3n) is 12.8. The van der Waals surface area contributed by atoms with E-state index in [0.29, 0.717) is 0 Å². The van der Waals surface area contributed by atoms with Gasteiger partial charge in [0.1, 0.15) is 0 Å². The fourth-order valence-corrected chi connectivity index (χ4v) is 11.3. The van der Waals surface area contributed by atoms with Gasteiger partial charge in [-0.25, -0.2) is 0 Å². The van der Waals surface area contributed by atoms with Gasteiger partial charge in [-0.3, -0.25) is 0 Å². The number of fused-ring (bicyclic) bond motifs is 9. The lowest BCUT2D eigenvalue weighted by molar-refractivity contribution is 0.660. The lowest BCUT2D eigenvalue weighted by Crippen LogP contribution is -2.16. The normalized spacial score (nSPS) is 13.1. The summed E-state index contributed by atoms with van der Waals surface area (Å²) in [7, 11) is 0. The molecule has 0 bridgehead atoms. The van der Waals surface area contributed by atoms with Crippen molar-refractivity contribution in [3.63, 3.8) is 0 Å². The Morgan fingerprint density at radius 1 is 0.373 bits per heavy atom. The van der Waals surface area contributed by atoms with Gasteiger partial charge in [0, 0.05) is 48.2 Å². The highest BCUT2D eigenvalue weighted by molar-refractivity contribution is 7.26. The van der Waals surface area contributed by atoms with Crippen molar-refractivity contribution in [2.24, 2.45) is 0 Å². The van der Waals surface area contributed by atoms with E-state index in [1.165, 1.54) is 97.0 Å². The van der Waals surface area contributed by atoms with Crippen molar-refractivity contribution in [3.05, 3.63) is 211 Å². The minimum atomic E-state index is -0.217. The molecule has 0 fully saturated rings. The van der Waals surface area contributed by atoms with E-state index in [1.54, 1.807) is 0 Å². The topological polar surface area (TPSA) is 3.24 Å². The summed E-state index contributed by atoms with van der Waals surface area (Å²) in [5.41, 5.74) is 13.7. The molecular formula is C57H39NS. The van der Waals surface area contributed by atoms with Gasteiger partial charge in [-0.05, 0) is 132 Å². The van der Waals surface area contributed by atoms with Gasteiger partial charge in [0.2, 0.25) is 0 Å². The third-order valence-corrected chi connectivity index (χ3v) is 14.0. The summed E-state index contributed by atoms with van der Waals surface area (Å²) >= 11 is 1.91. The molecule has 0 radical (unpaired) electrons. The summed E-state index contributed by atoms with van der Waals surface area (Å²) in [6.07, 6.45) is 0. The second-order valence-corrected chi connectivity index (χ2v) is 17.5. The summed E-state index contributed by atoms with van der Waals surface area (Å²) in [4.78, 5) is 2.37. The zero-order valence-electron chi connectivity index (χ0n) is 32.9. The highest BCUT2D eigenvalue weighted by Gasteiger charge is 2.36. The van der Waals surface area contributed by atoms with Crippen LogP contribution < -0.4 is 4.90 Å². The minimum Gasteiger partial charge on any atom is -0.310 e. The van der Waals surface area contributed by atoms with Crippen LogP contribution >= 0.6 is 11.3 Å². The molecule has 0 unspecified atom stereocenters. The molecule has 59 heavy (non-hydrogen) atoms. The van der Waals surface area contributed by atoms with Gasteiger partial charge in [0.15, 0.2) is 0 Å². The van der Waals surface area contributed by atoms with Crippen molar-refractivity contribution in [1.29, 1.82) is 0 Å². The van der Waals surface area contributed by atoms with E-state index in [9.17, 15) is 0 Å². The SMILES string of the molecule is CC1(C)c2cc(-c3c4ccccc4c(-c4cccc5c4sc4ccccc45)c4cc5ccccc5cc34)ccc2-c2ccc(N(c3ccccc3)c3ccccc3)cc21. The van der Waals surface area contributed by atoms with Gasteiger partial charge in [-0.15, -0.1) is 11.3 Å². The molecule has 1 nitrogen and oxygen atoms in total. The standard InChI is InChI=1S/C57H39NS/c1-57(2)51-34-38(28-30-42(51)43-31-29-41(35-52(43)57)58(39-18-5-3-6-19-39)40-20-7-4-8-21-40)54-45-23-11-12-24-46(45)55(50-33-37-17-10-9-16-36(37)32-49(50)54)48-26-15-25-47-44-22-13-14-27-53(44)59-56(47)48/h3-35H,1-2H3. The van der Waals surface area contributed by atoms with Crippen LogP contribution in [-0.4, -0.2) is 0 Å². The van der Waals surface area contributed by atoms with Crippen LogP contribution in [0.25, 0.3) is 85.9 Å². The van der Waals surface area contributed by atoms with Crippen LogP contribution in [0.2, 0.25) is 0 Å². The second-order valence-electron chi connectivity index (χ2n) is 16.4. The van der Waals surface area contributed by atoms with Gasteiger partial charge >= 0.3 is 0 Å². The number of hydrogen-bond donors (Lipinski definition) is 0. The molecular weight excluding hydrogens is 731 g/mol. The lowest BCUT2D eigenvalue weighted by atomic mass is 9.80. The molecule has 2 heteroatoms. The molecule has 0 amide bonds. The Hall–Kier alpha value is -7.00. The first-order chi connectivity index (χ1) is 29.0. The Kier molecular flexibility index (Phi) is 7.51. The number of hydrogen-bond acceptors (Lipinski definition) is 2. The first kappa shape index (κ1) is 34.1. The molecule has 0 aliphatic heterocycles. The highest BCUT2D eigenvalue weighted by atomic mass is 32.1. The van der Waals surface area contributed by atoms with Crippen molar-refractivity contribution in [2.45, 2.75) is 19.3 Å². The molecule has 0 N–H and O–H groups in total. The Morgan fingerprint density at radius 3 is 1.61 bits per heavy atom. The highest BCUT2D eigenvalue weighted by Crippen LogP contribution is 2.54. The Balaban J connectivity index is 1.08. The molecule has 11 aromatic rings. The van der Waals surface area contributed by atoms with Gasteiger partial charge in [0.05, 0.1) is 0 Å². The van der Waals surface area contributed by atoms with Crippen LogP contribution in [0.4, 0.5) is 17.1 Å². The molecule has 1 aromatic heterocycles. The van der Waals surface area contributed by atoms with Gasteiger partial charge in [-0.1, -0.05) is 153 Å². The molecule has 0 saturated carbocycles. The first-order valence-corrected chi connectivity index (χ1v) is 21.3. The van der Waals surface area contributed by atoms with Gasteiger partial charge in [0.25, 0.3) is 0 Å². The Labute approximate surface area is 348 Å². The van der Waals surface area contributed by atoms with Crippen molar-refractivity contribution < 1.29 is 0 Å². The molecule has 1 heterocycles. The largest absolute Gasteiger partial charge is 0.310 e. The predicted molar refractivity (Wildman–Crippen MR) is 255 cm³/mol. The molecule has 0 saturated heterocycles. The van der Waals surface area contributed by atoms with Crippen LogP contribution in [0, 0.1) is 0 Å². The number of benzene rings is 10. The third kappa shape index (κ3) is 5.16. The summed E-state index contributed by atoms with van der Waals surface area (Å²) in [6, 6.07) is 74.3. The van der Waals surface area contributed by atoms with Crippen LogP contribution in [0.15, 0.2) is 200 Å². The zero-order chi connectivity index (χ0) is 39.2. The van der Waals surface area contributed by atoms with Crippen molar-refractivity contribution >= 4 is 80.9 Å². The molecule has 1 aliphatic carbocycles. The maximum Gasteiger partial charge on any atom is 0.0465 e. The molecule has 0 atom stereocenters. The Morgan fingerprint density at radius 2 is 0.915 bits per heavy atom. The fraction of sp³-hybridized carbons (Fsp3) is 0.0526. The summed E-state index contributed by atoms with van der Waals surface area (Å²) in [5, 5.41) is 10.3. The molecule has 12 rings (SSSR count). The van der Waals surface area contributed by atoms with E-state index < -0.39 is 0 Å². The maximum atomic E-state index is 2.50. The Bertz CT molecular complexity index is 3430. The summed E-state index contributed by atoms with van der Waals surface area (Å²) < 4.78 is 2.67. The van der Waals surface area contributed by atoms with Crippen molar-refractivity contribution in [1.82, 2.24) is 0 Å². The number of rotatable bonds is 5. The lowest BCUT2D eigenvalue weighted by Gasteiger charge is -2.28. The van der Waals surface area contributed by atoms with Crippen molar-refractivity contribution in [2.75, 3.05) is 4.90 Å². The van der Waals surface area contributed by atoms with Crippen LogP contribution in [0.5, 0.6) is 0 Å². The molecule has 278 valence electrons. The minimum absolute atomic E-state index is 0.217. The van der Waals surface area contributed by atoms with E-state index in [4.69, 9.17) is 0 Å². The second kappa shape index (κ2) is 13.0. The summed E-state index contributed by atoms with van der Waals surface area (Å²) in [5.74, 6) is 0. The number of anilines is 3. The van der Waals surface area contributed by atoms with Gasteiger partial charge in [-0.2, -0.15) is 0 Å². The quantitative estimate of drug-likeness (QED) is 0.158. The number of para-hydroxylation sites is 2. The van der Waals surface area contributed by atoms with E-state index in [-0.39, 0.29) is 5.41 Å². The van der Waals surface area contributed by atoms with Crippen molar-refractivity contribution in [3.8, 4) is 33.4 Å². The van der Waals surface area contributed by atoms with Crippen LogP contribution in [-0.2, 0) is 5.41 Å². The number of thiophene rings is 1. The average Bonchev–Trinajstić information content (AvgIpc) is 3.77. The first-order valence-electron chi connectivity index (χ1n) is 20.5. The van der Waals surface area contributed by atoms with E-state index in [2.05, 4.69) is 219 Å². The monoisotopic (exact) mass is 769 g/mol.